The molecule has 0 radical (unpaired) electrons. The van der Waals surface area contributed by atoms with Crippen LogP contribution in [0.4, 0.5) is 0 Å². The van der Waals surface area contributed by atoms with Gasteiger partial charge in [-0.05, 0) is 42.8 Å². The van der Waals surface area contributed by atoms with Crippen molar-refractivity contribution in [3.8, 4) is 5.75 Å². The minimum Gasteiger partial charge on any atom is -0.508 e. The van der Waals surface area contributed by atoms with Crippen LogP contribution in [0, 0.1) is 0 Å². The Hall–Kier alpha value is -1.33. The van der Waals surface area contributed by atoms with Gasteiger partial charge in [-0.2, -0.15) is 0 Å². The number of phenols is 1. The summed E-state index contributed by atoms with van der Waals surface area (Å²) in [6.07, 6.45) is 1.90. The third-order valence-corrected chi connectivity index (χ3v) is 4.30. The zero-order valence-electron chi connectivity index (χ0n) is 7.97. The van der Waals surface area contributed by atoms with Crippen LogP contribution in [0.25, 0.3) is 6.08 Å². The van der Waals surface area contributed by atoms with E-state index < -0.39 is 9.84 Å². The molecule has 1 heterocycles. The second-order valence-corrected chi connectivity index (χ2v) is 5.35. The molecule has 0 unspecified atom stereocenters. The Morgan fingerprint density at radius 3 is 2.73 bits per heavy atom. The van der Waals surface area contributed by atoms with Crippen LogP contribution in [0.2, 0.25) is 0 Å². The number of sulfone groups is 1. The van der Waals surface area contributed by atoms with Gasteiger partial charge in [0, 0.05) is 0 Å². The van der Waals surface area contributed by atoms with Crippen LogP contribution in [0.1, 0.15) is 12.0 Å². The summed E-state index contributed by atoms with van der Waals surface area (Å²) >= 11 is 0. The minimum atomic E-state index is -3.36. The van der Waals surface area contributed by atoms with Crippen molar-refractivity contribution in [3.63, 3.8) is 0 Å². The molecule has 2 rings (SSSR count). The van der Waals surface area contributed by atoms with Crippen LogP contribution >= 0.6 is 0 Å². The summed E-state index contributed by atoms with van der Waals surface area (Å²) in [5.41, 5.74) is 5.88. The van der Waals surface area contributed by atoms with Gasteiger partial charge >= 0.3 is 0 Å². The summed E-state index contributed by atoms with van der Waals surface area (Å²) in [5, 5.41) is 9.23. The Bertz CT molecular complexity index is 532. The van der Waals surface area contributed by atoms with Crippen LogP contribution < -0.4 is 5.73 Å². The molecule has 0 atom stereocenters. The van der Waals surface area contributed by atoms with Crippen LogP contribution in [0.3, 0.4) is 0 Å². The molecular weight excluding hydrogens is 214 g/mol. The van der Waals surface area contributed by atoms with Gasteiger partial charge in [-0.1, -0.05) is 0 Å². The Balaban J connectivity index is 2.58. The maximum absolute atomic E-state index is 11.9. The van der Waals surface area contributed by atoms with Crippen LogP contribution in [-0.4, -0.2) is 20.1 Å². The third kappa shape index (κ3) is 1.53. The van der Waals surface area contributed by atoms with E-state index in [4.69, 9.17) is 5.73 Å². The van der Waals surface area contributed by atoms with E-state index in [1.54, 1.807) is 6.08 Å². The lowest BCUT2D eigenvalue weighted by Crippen LogP contribution is -2.06. The molecule has 4 nitrogen and oxygen atoms in total. The maximum Gasteiger partial charge on any atom is 0.203 e. The van der Waals surface area contributed by atoms with Crippen molar-refractivity contribution in [1.82, 2.24) is 0 Å². The van der Waals surface area contributed by atoms with E-state index >= 15 is 0 Å². The fraction of sp³-hybridized carbons (Fsp3) is 0.200. The first kappa shape index (κ1) is 10.2. The first-order valence-electron chi connectivity index (χ1n) is 4.54. The molecule has 0 saturated carbocycles. The third-order valence-electron chi connectivity index (χ3n) is 2.34. The molecule has 0 amide bonds. The Morgan fingerprint density at radius 2 is 2.07 bits per heavy atom. The number of fused-ring (bicyclic) bond motifs is 1. The predicted molar refractivity (Wildman–Crippen MR) is 56.9 cm³/mol. The molecule has 0 aliphatic carbocycles. The normalized spacial score (nSPS) is 17.3. The van der Waals surface area contributed by atoms with E-state index in [0.717, 1.165) is 0 Å². The van der Waals surface area contributed by atoms with Gasteiger partial charge in [-0.15, -0.1) is 0 Å². The summed E-state index contributed by atoms with van der Waals surface area (Å²) in [6, 6.07) is 4.23. The van der Waals surface area contributed by atoms with Gasteiger partial charge in [0.25, 0.3) is 0 Å². The second kappa shape index (κ2) is 3.36. The summed E-state index contributed by atoms with van der Waals surface area (Å²) in [6.45, 7) is 0.297. The number of rotatable bonds is 2. The van der Waals surface area contributed by atoms with Crippen LogP contribution in [0.5, 0.6) is 5.75 Å². The molecular formula is C10H11NO3S. The summed E-state index contributed by atoms with van der Waals surface area (Å²) in [7, 11) is -3.36. The first-order valence-corrected chi connectivity index (χ1v) is 6.03. The van der Waals surface area contributed by atoms with Crippen LogP contribution in [-0.2, 0) is 9.84 Å². The molecule has 0 aromatic heterocycles. The Morgan fingerprint density at radius 1 is 1.33 bits per heavy atom. The molecule has 3 N–H and O–H groups in total. The summed E-state index contributed by atoms with van der Waals surface area (Å²) < 4.78 is 23.8. The lowest BCUT2D eigenvalue weighted by Gasteiger charge is -2.01. The zero-order chi connectivity index (χ0) is 11.1. The SMILES string of the molecule is NCCC1=Cc2cc(O)ccc2S1(=O)=O. The van der Waals surface area contributed by atoms with E-state index in [9.17, 15) is 13.5 Å². The van der Waals surface area contributed by atoms with E-state index in [1.165, 1.54) is 18.2 Å². The van der Waals surface area contributed by atoms with Crippen molar-refractivity contribution < 1.29 is 13.5 Å². The van der Waals surface area contributed by atoms with Crippen molar-refractivity contribution in [2.75, 3.05) is 6.54 Å². The largest absolute Gasteiger partial charge is 0.508 e. The smallest absolute Gasteiger partial charge is 0.203 e. The van der Waals surface area contributed by atoms with Crippen molar-refractivity contribution in [1.29, 1.82) is 0 Å². The molecule has 0 saturated heterocycles. The summed E-state index contributed by atoms with van der Waals surface area (Å²) in [4.78, 5) is 0.578. The predicted octanol–water partition coefficient (Wildman–Crippen LogP) is 0.869. The molecule has 1 aliphatic heterocycles. The van der Waals surface area contributed by atoms with Gasteiger partial charge in [0.2, 0.25) is 9.84 Å². The Kier molecular flexibility index (Phi) is 2.28. The van der Waals surface area contributed by atoms with Gasteiger partial charge in [-0.25, -0.2) is 8.42 Å². The highest BCUT2D eigenvalue weighted by atomic mass is 32.2. The Labute approximate surface area is 88.0 Å². The highest BCUT2D eigenvalue weighted by molar-refractivity contribution is 7.95. The average molecular weight is 225 g/mol. The topological polar surface area (TPSA) is 80.4 Å². The maximum atomic E-state index is 11.9. The quantitative estimate of drug-likeness (QED) is 0.782. The zero-order valence-corrected chi connectivity index (χ0v) is 8.79. The monoisotopic (exact) mass is 225 g/mol. The molecule has 1 aromatic carbocycles. The van der Waals surface area contributed by atoms with Crippen LogP contribution in [0.15, 0.2) is 28.0 Å². The van der Waals surface area contributed by atoms with E-state index in [0.29, 0.717) is 23.4 Å². The standard InChI is InChI=1S/C10H11NO3S/c11-4-3-9-6-7-5-8(12)1-2-10(7)15(9,13)14/h1-2,5-6,12H,3-4,11H2. The van der Waals surface area contributed by atoms with Gasteiger partial charge in [0.05, 0.1) is 9.80 Å². The fourth-order valence-electron chi connectivity index (χ4n) is 1.63. The highest BCUT2D eigenvalue weighted by Crippen LogP contribution is 2.35. The van der Waals surface area contributed by atoms with E-state index in [1.807, 2.05) is 0 Å². The number of aromatic hydroxyl groups is 1. The lowest BCUT2D eigenvalue weighted by molar-refractivity contribution is 0.474. The molecule has 0 spiro atoms. The van der Waals surface area contributed by atoms with Gasteiger partial charge in [0.1, 0.15) is 5.75 Å². The van der Waals surface area contributed by atoms with Crippen molar-refractivity contribution in [3.05, 3.63) is 28.7 Å². The van der Waals surface area contributed by atoms with Crippen molar-refractivity contribution >= 4 is 15.9 Å². The average Bonchev–Trinajstić information content (AvgIpc) is 2.39. The highest BCUT2D eigenvalue weighted by Gasteiger charge is 2.28. The fourth-order valence-corrected chi connectivity index (χ4v) is 3.26. The first-order chi connectivity index (χ1) is 7.05. The van der Waals surface area contributed by atoms with Gasteiger partial charge in [0.15, 0.2) is 0 Å². The summed E-state index contributed by atoms with van der Waals surface area (Å²) in [5.74, 6) is 0.0641. The number of hydrogen-bond acceptors (Lipinski definition) is 4. The molecule has 1 aliphatic rings. The minimum absolute atomic E-state index is 0.0641. The lowest BCUT2D eigenvalue weighted by atomic mass is 10.2. The molecule has 80 valence electrons. The van der Waals surface area contributed by atoms with Gasteiger partial charge < -0.3 is 10.8 Å². The number of phenolic OH excluding ortho intramolecular Hbond substituents is 1. The second-order valence-electron chi connectivity index (χ2n) is 3.37. The van der Waals surface area contributed by atoms with Crippen molar-refractivity contribution in [2.24, 2.45) is 5.73 Å². The van der Waals surface area contributed by atoms with E-state index in [2.05, 4.69) is 0 Å². The molecule has 1 aromatic rings. The van der Waals surface area contributed by atoms with Crippen molar-refractivity contribution in [2.45, 2.75) is 11.3 Å². The van der Waals surface area contributed by atoms with Gasteiger partial charge in [-0.3, -0.25) is 0 Å². The number of nitrogens with two attached hydrogens (primary N) is 1. The number of benzene rings is 1. The molecule has 0 fully saturated rings. The molecule has 5 heteroatoms. The number of hydrogen-bond donors (Lipinski definition) is 2. The van der Waals surface area contributed by atoms with E-state index in [-0.39, 0.29) is 10.6 Å². The molecule has 0 bridgehead atoms. The molecule has 15 heavy (non-hydrogen) atoms.